The van der Waals surface area contributed by atoms with Gasteiger partial charge in [-0.2, -0.15) is 0 Å². The fourth-order valence-corrected chi connectivity index (χ4v) is 3.11. The van der Waals surface area contributed by atoms with E-state index in [1.54, 1.807) is 27.7 Å². The van der Waals surface area contributed by atoms with Crippen molar-refractivity contribution in [3.63, 3.8) is 0 Å². The Kier molecular flexibility index (Phi) is 6.99. The van der Waals surface area contributed by atoms with Crippen molar-refractivity contribution in [2.45, 2.75) is 65.6 Å². The number of nitrogens with zero attached hydrogens (tertiary/aromatic N) is 1. The summed E-state index contributed by atoms with van der Waals surface area (Å²) < 4.78 is 11.0. The van der Waals surface area contributed by atoms with Gasteiger partial charge >= 0.3 is 5.97 Å². The molecule has 2 rings (SSSR count). The van der Waals surface area contributed by atoms with Gasteiger partial charge in [-0.1, -0.05) is 51.1 Å². The molecule has 0 saturated carbocycles. The van der Waals surface area contributed by atoms with E-state index in [-0.39, 0.29) is 13.2 Å². The van der Waals surface area contributed by atoms with Crippen LogP contribution in [0, 0.1) is 5.41 Å². The Morgan fingerprint density at radius 2 is 1.86 bits per heavy atom. The van der Waals surface area contributed by atoms with Crippen molar-refractivity contribution in [2.24, 2.45) is 5.41 Å². The van der Waals surface area contributed by atoms with E-state index < -0.39 is 34.8 Å². The molecule has 0 radical (unpaired) electrons. The average molecular weight is 389 g/mol. The lowest BCUT2D eigenvalue weighted by Crippen LogP contribution is -2.55. The minimum atomic E-state index is -1.04. The summed E-state index contributed by atoms with van der Waals surface area (Å²) in [7, 11) is 0. The maximum atomic E-state index is 12.9. The molecule has 1 saturated heterocycles. The first-order chi connectivity index (χ1) is 13.1. The SMILES string of the molecule is CCC(C)(C)C(=O)C(=O)N1[C@H](C(=O)OCCCc2ccccc2)COC1(C)C. The number of benzene rings is 1. The topological polar surface area (TPSA) is 72.9 Å². The normalized spacial score (nSPS) is 18.8. The highest BCUT2D eigenvalue weighted by Crippen LogP contribution is 2.31. The standard InChI is InChI=1S/C22H31NO5/c1-6-21(2,3)18(24)19(25)23-17(15-28-22(23,4)5)20(26)27-14-10-13-16-11-8-7-9-12-16/h7-9,11-12,17H,6,10,13-15H2,1-5H3/t17-/m0/s1. The summed E-state index contributed by atoms with van der Waals surface area (Å²) in [6.07, 6.45) is 2.01. The Hall–Kier alpha value is -2.21. The molecule has 1 aromatic carbocycles. The summed E-state index contributed by atoms with van der Waals surface area (Å²) in [5.41, 5.74) is -0.655. The van der Waals surface area contributed by atoms with E-state index in [0.29, 0.717) is 12.8 Å². The van der Waals surface area contributed by atoms with Gasteiger partial charge in [-0.3, -0.25) is 14.5 Å². The van der Waals surface area contributed by atoms with Crippen LogP contribution < -0.4 is 0 Å². The van der Waals surface area contributed by atoms with Crippen LogP contribution in [0.15, 0.2) is 30.3 Å². The van der Waals surface area contributed by atoms with Crippen molar-refractivity contribution in [1.82, 2.24) is 4.90 Å². The van der Waals surface area contributed by atoms with Crippen LogP contribution in [0.4, 0.5) is 0 Å². The molecule has 1 aromatic rings. The van der Waals surface area contributed by atoms with Crippen molar-refractivity contribution in [1.29, 1.82) is 0 Å². The number of hydrogen-bond donors (Lipinski definition) is 0. The first-order valence-corrected chi connectivity index (χ1v) is 9.83. The van der Waals surface area contributed by atoms with Crippen molar-refractivity contribution in [3.05, 3.63) is 35.9 Å². The Balaban J connectivity index is 1.99. The maximum absolute atomic E-state index is 12.9. The molecule has 0 spiro atoms. The minimum absolute atomic E-state index is 0.0239. The van der Waals surface area contributed by atoms with Crippen LogP contribution in [0.25, 0.3) is 0 Å². The number of hydrogen-bond acceptors (Lipinski definition) is 5. The fourth-order valence-electron chi connectivity index (χ4n) is 3.11. The lowest BCUT2D eigenvalue weighted by atomic mass is 9.84. The molecule has 6 nitrogen and oxygen atoms in total. The highest BCUT2D eigenvalue weighted by atomic mass is 16.6. The number of ether oxygens (including phenoxy) is 2. The highest BCUT2D eigenvalue weighted by molar-refractivity contribution is 6.38. The summed E-state index contributed by atoms with van der Waals surface area (Å²) in [5.74, 6) is -1.75. The molecule has 0 bridgehead atoms. The molecule has 0 aliphatic carbocycles. The smallest absolute Gasteiger partial charge is 0.331 e. The predicted molar refractivity (Wildman–Crippen MR) is 105 cm³/mol. The van der Waals surface area contributed by atoms with Gasteiger partial charge in [0, 0.05) is 5.41 Å². The van der Waals surface area contributed by atoms with Crippen LogP contribution in [0.5, 0.6) is 0 Å². The molecule has 6 heteroatoms. The zero-order valence-corrected chi connectivity index (χ0v) is 17.5. The third kappa shape index (κ3) is 4.98. The van der Waals surface area contributed by atoms with Gasteiger partial charge in [-0.25, -0.2) is 4.79 Å². The Morgan fingerprint density at radius 1 is 1.21 bits per heavy atom. The third-order valence-corrected chi connectivity index (χ3v) is 5.37. The molecular weight excluding hydrogens is 358 g/mol. The molecule has 28 heavy (non-hydrogen) atoms. The van der Waals surface area contributed by atoms with Gasteiger partial charge in [0.05, 0.1) is 13.2 Å². The van der Waals surface area contributed by atoms with Crippen LogP contribution >= 0.6 is 0 Å². The highest BCUT2D eigenvalue weighted by Gasteiger charge is 2.51. The predicted octanol–water partition coefficient (Wildman–Crippen LogP) is 3.13. The van der Waals surface area contributed by atoms with Gasteiger partial charge in [0.25, 0.3) is 5.91 Å². The first kappa shape index (κ1) is 22.1. The quantitative estimate of drug-likeness (QED) is 0.388. The molecule has 1 fully saturated rings. The molecule has 0 N–H and O–H groups in total. The minimum Gasteiger partial charge on any atom is -0.464 e. The first-order valence-electron chi connectivity index (χ1n) is 9.83. The third-order valence-electron chi connectivity index (χ3n) is 5.37. The van der Waals surface area contributed by atoms with E-state index >= 15 is 0 Å². The summed E-state index contributed by atoms with van der Waals surface area (Å²) in [5, 5.41) is 0. The maximum Gasteiger partial charge on any atom is 0.331 e. The van der Waals surface area contributed by atoms with Gasteiger partial charge in [0.15, 0.2) is 6.04 Å². The number of carbonyl (C=O) groups excluding carboxylic acids is 3. The number of rotatable bonds is 8. The molecule has 1 aliphatic heterocycles. The van der Waals surface area contributed by atoms with E-state index in [4.69, 9.17) is 9.47 Å². The Bertz CT molecular complexity index is 711. The van der Waals surface area contributed by atoms with Crippen LogP contribution in [-0.4, -0.2) is 47.5 Å². The molecule has 1 heterocycles. The average Bonchev–Trinajstić information content (AvgIpc) is 2.99. The van der Waals surface area contributed by atoms with Crippen molar-refractivity contribution in [3.8, 4) is 0 Å². The number of amides is 1. The van der Waals surface area contributed by atoms with Gasteiger partial charge in [0.2, 0.25) is 5.78 Å². The molecule has 1 aliphatic rings. The number of Topliss-reactive ketones (excluding diaryl/α,β-unsaturated/α-hetero) is 1. The second-order valence-corrected chi connectivity index (χ2v) is 8.27. The van der Waals surface area contributed by atoms with Crippen molar-refractivity contribution < 1.29 is 23.9 Å². The molecule has 0 unspecified atom stereocenters. The van der Waals surface area contributed by atoms with Gasteiger partial charge in [-0.05, 0) is 38.7 Å². The Labute approximate surface area is 167 Å². The number of carbonyl (C=O) groups is 3. The number of aryl methyl sites for hydroxylation is 1. The number of ketones is 1. The largest absolute Gasteiger partial charge is 0.464 e. The second kappa shape index (κ2) is 8.86. The molecule has 1 atom stereocenters. The van der Waals surface area contributed by atoms with E-state index in [0.717, 1.165) is 6.42 Å². The lowest BCUT2D eigenvalue weighted by Gasteiger charge is -2.34. The zero-order chi connectivity index (χ0) is 20.9. The second-order valence-electron chi connectivity index (χ2n) is 8.27. The summed E-state index contributed by atoms with van der Waals surface area (Å²) >= 11 is 0. The van der Waals surface area contributed by atoms with Crippen LogP contribution in [0.1, 0.15) is 53.0 Å². The zero-order valence-electron chi connectivity index (χ0n) is 17.5. The van der Waals surface area contributed by atoms with Gasteiger partial charge in [0.1, 0.15) is 5.72 Å². The van der Waals surface area contributed by atoms with Crippen LogP contribution in [0.2, 0.25) is 0 Å². The van der Waals surface area contributed by atoms with E-state index in [1.807, 2.05) is 37.3 Å². The van der Waals surface area contributed by atoms with Gasteiger partial charge < -0.3 is 9.47 Å². The fraction of sp³-hybridized carbons (Fsp3) is 0.591. The van der Waals surface area contributed by atoms with Crippen molar-refractivity contribution >= 4 is 17.7 Å². The van der Waals surface area contributed by atoms with Crippen molar-refractivity contribution in [2.75, 3.05) is 13.2 Å². The van der Waals surface area contributed by atoms with E-state index in [2.05, 4.69) is 0 Å². The monoisotopic (exact) mass is 389 g/mol. The lowest BCUT2D eigenvalue weighted by molar-refractivity contribution is -0.164. The van der Waals surface area contributed by atoms with E-state index in [9.17, 15) is 14.4 Å². The van der Waals surface area contributed by atoms with Gasteiger partial charge in [-0.15, -0.1) is 0 Å². The Morgan fingerprint density at radius 3 is 2.46 bits per heavy atom. The molecular formula is C22H31NO5. The number of esters is 1. The molecule has 1 amide bonds. The van der Waals surface area contributed by atoms with Crippen LogP contribution in [-0.2, 0) is 30.3 Å². The summed E-state index contributed by atoms with van der Waals surface area (Å²) in [6.45, 7) is 8.95. The summed E-state index contributed by atoms with van der Waals surface area (Å²) in [6, 6.07) is 9.04. The molecule has 0 aromatic heterocycles. The van der Waals surface area contributed by atoms with E-state index in [1.165, 1.54) is 10.5 Å². The molecule has 154 valence electrons. The van der Waals surface area contributed by atoms with Crippen LogP contribution in [0.3, 0.4) is 0 Å². The summed E-state index contributed by atoms with van der Waals surface area (Å²) in [4.78, 5) is 39.4.